The van der Waals surface area contributed by atoms with Gasteiger partial charge in [-0.1, -0.05) is 54.1 Å². The summed E-state index contributed by atoms with van der Waals surface area (Å²) in [6.07, 6.45) is 1.09. The number of amides is 1. The number of carbonyl (C=O) groups excluding carboxylic acids is 1. The van der Waals surface area contributed by atoms with E-state index in [9.17, 15) is 13.2 Å². The zero-order valence-corrected chi connectivity index (χ0v) is 20.8. The summed E-state index contributed by atoms with van der Waals surface area (Å²) in [5.41, 5.74) is 9.37. The van der Waals surface area contributed by atoms with Gasteiger partial charge in [-0.15, -0.1) is 0 Å². The first-order valence-corrected chi connectivity index (χ1v) is 12.9. The molecule has 0 aliphatic carbocycles. The van der Waals surface area contributed by atoms with E-state index in [4.69, 9.17) is 4.98 Å². The Morgan fingerprint density at radius 3 is 2.46 bits per heavy atom. The largest absolute Gasteiger partial charge is 0.284 e. The van der Waals surface area contributed by atoms with Gasteiger partial charge in [-0.3, -0.25) is 9.52 Å². The van der Waals surface area contributed by atoms with Crippen molar-refractivity contribution in [2.75, 3.05) is 11.0 Å². The maximum Gasteiger partial charge on any atom is 0.272 e. The minimum Gasteiger partial charge on any atom is -0.284 e. The van der Waals surface area contributed by atoms with Gasteiger partial charge in [-0.25, -0.2) is 18.8 Å². The fraction of sp³-hybridized carbons (Fsp3) is 0.148. The molecule has 0 aliphatic heterocycles. The predicted octanol–water partition coefficient (Wildman–Crippen LogP) is 5.04. The Morgan fingerprint density at radius 1 is 0.943 bits per heavy atom. The number of fused-ring (bicyclic) bond motifs is 1. The number of nitrogens with zero attached hydrogens (tertiary/aromatic N) is 2. The summed E-state index contributed by atoms with van der Waals surface area (Å²) in [7, 11) is -3.40. The molecule has 1 aromatic heterocycles. The Bertz CT molecular complexity index is 1580. The maximum absolute atomic E-state index is 13.2. The highest BCUT2D eigenvalue weighted by molar-refractivity contribution is 7.92. The Balaban J connectivity index is 1.67. The number of sulfonamides is 1. The van der Waals surface area contributed by atoms with Crippen molar-refractivity contribution in [3.8, 4) is 11.3 Å². The fourth-order valence-corrected chi connectivity index (χ4v) is 4.44. The van der Waals surface area contributed by atoms with Crippen molar-refractivity contribution in [3.05, 3.63) is 95.1 Å². The predicted molar refractivity (Wildman–Crippen MR) is 141 cm³/mol. The maximum atomic E-state index is 13.2. The number of rotatable bonds is 6. The first kappa shape index (κ1) is 24.1. The molecule has 0 radical (unpaired) electrons. The third-order valence-electron chi connectivity index (χ3n) is 5.53. The Morgan fingerprint density at radius 2 is 1.71 bits per heavy atom. The van der Waals surface area contributed by atoms with Crippen molar-refractivity contribution in [3.63, 3.8) is 0 Å². The number of aryl methyl sites for hydroxylation is 2. The molecule has 7 nitrogen and oxygen atoms in total. The van der Waals surface area contributed by atoms with Crippen LogP contribution < -0.4 is 10.1 Å². The van der Waals surface area contributed by atoms with E-state index in [1.165, 1.54) is 0 Å². The van der Waals surface area contributed by atoms with Gasteiger partial charge in [0, 0.05) is 16.6 Å². The molecule has 0 saturated carbocycles. The van der Waals surface area contributed by atoms with Crippen LogP contribution in [-0.2, 0) is 10.0 Å². The summed E-state index contributed by atoms with van der Waals surface area (Å²) >= 11 is 0. The van der Waals surface area contributed by atoms with Crippen molar-refractivity contribution in [1.29, 1.82) is 0 Å². The summed E-state index contributed by atoms with van der Waals surface area (Å²) in [4.78, 5) is 18.0. The molecule has 4 aromatic rings. The second-order valence-electron chi connectivity index (χ2n) is 8.48. The van der Waals surface area contributed by atoms with Gasteiger partial charge < -0.3 is 0 Å². The van der Waals surface area contributed by atoms with Crippen molar-refractivity contribution in [2.24, 2.45) is 5.10 Å². The van der Waals surface area contributed by atoms with E-state index in [-0.39, 0.29) is 5.91 Å². The summed E-state index contributed by atoms with van der Waals surface area (Å²) in [5.74, 6) is -0.362. The number of anilines is 1. The van der Waals surface area contributed by atoms with Gasteiger partial charge in [0.25, 0.3) is 5.91 Å². The number of benzene rings is 3. The van der Waals surface area contributed by atoms with Crippen LogP contribution in [0.3, 0.4) is 0 Å². The van der Waals surface area contributed by atoms with Crippen molar-refractivity contribution >= 4 is 38.2 Å². The van der Waals surface area contributed by atoms with Gasteiger partial charge in [0.05, 0.1) is 28.7 Å². The average molecular weight is 487 g/mol. The molecule has 8 heteroatoms. The molecule has 4 rings (SSSR count). The first-order valence-electron chi connectivity index (χ1n) is 11.0. The molecule has 0 atom stereocenters. The lowest BCUT2D eigenvalue weighted by Crippen LogP contribution is -2.20. The molecule has 0 bridgehead atoms. The smallest absolute Gasteiger partial charge is 0.272 e. The molecule has 1 heterocycles. The van der Waals surface area contributed by atoms with Crippen LogP contribution in [0, 0.1) is 13.8 Å². The minimum absolute atomic E-state index is 0.362. The molecular formula is C27H26N4O3S. The van der Waals surface area contributed by atoms with E-state index in [0.717, 1.165) is 33.8 Å². The first-order chi connectivity index (χ1) is 16.6. The standard InChI is InChI=1S/C27H26N4O3S/c1-17-12-13-22(18(2)14-17)26-16-24(23-10-5-6-11-25(23)28-26)27(32)30-29-19(3)20-8-7-9-21(15-20)31-35(4,33)34/h5-16,31H,1-4H3,(H,30,32)/b29-19-. The lowest BCUT2D eigenvalue weighted by molar-refractivity contribution is 0.0956. The molecule has 178 valence electrons. The number of nitrogens with one attached hydrogen (secondary N) is 2. The molecule has 35 heavy (non-hydrogen) atoms. The second kappa shape index (κ2) is 9.68. The van der Waals surface area contributed by atoms with Gasteiger partial charge >= 0.3 is 0 Å². The monoisotopic (exact) mass is 486 g/mol. The van der Waals surface area contributed by atoms with Crippen LogP contribution in [0.4, 0.5) is 5.69 Å². The number of carbonyl (C=O) groups is 1. The molecule has 0 aliphatic rings. The zero-order valence-electron chi connectivity index (χ0n) is 20.0. The number of hydrogen-bond acceptors (Lipinski definition) is 5. The van der Waals surface area contributed by atoms with Crippen LogP contribution in [0.25, 0.3) is 22.2 Å². The van der Waals surface area contributed by atoms with Crippen LogP contribution in [0.5, 0.6) is 0 Å². The SMILES string of the molecule is C/C(=N/NC(=O)c1cc(-c2ccc(C)cc2C)nc2ccccc12)c1cccc(NS(C)(=O)=O)c1. The van der Waals surface area contributed by atoms with Gasteiger partial charge in [0.1, 0.15) is 0 Å². The van der Waals surface area contributed by atoms with Crippen LogP contribution in [0.15, 0.2) is 77.9 Å². The summed E-state index contributed by atoms with van der Waals surface area (Å²) in [5, 5.41) is 4.99. The summed E-state index contributed by atoms with van der Waals surface area (Å²) in [6.45, 7) is 5.81. The molecule has 0 fully saturated rings. The highest BCUT2D eigenvalue weighted by Crippen LogP contribution is 2.27. The molecule has 3 aromatic carbocycles. The Hall–Kier alpha value is -4.04. The second-order valence-corrected chi connectivity index (χ2v) is 10.2. The molecule has 0 spiro atoms. The molecule has 2 N–H and O–H groups in total. The van der Waals surface area contributed by atoms with Crippen LogP contribution in [-0.4, -0.2) is 31.3 Å². The van der Waals surface area contributed by atoms with Crippen LogP contribution in [0.2, 0.25) is 0 Å². The van der Waals surface area contributed by atoms with E-state index in [1.54, 1.807) is 37.3 Å². The highest BCUT2D eigenvalue weighted by atomic mass is 32.2. The summed E-state index contributed by atoms with van der Waals surface area (Å²) in [6, 6.07) is 22.2. The van der Waals surface area contributed by atoms with Gasteiger partial charge in [-0.05, 0) is 56.2 Å². The third kappa shape index (κ3) is 5.73. The number of para-hydroxylation sites is 1. The average Bonchev–Trinajstić information content (AvgIpc) is 2.80. The highest BCUT2D eigenvalue weighted by Gasteiger charge is 2.15. The van der Waals surface area contributed by atoms with E-state index in [0.29, 0.717) is 28.2 Å². The lowest BCUT2D eigenvalue weighted by Gasteiger charge is -2.12. The van der Waals surface area contributed by atoms with E-state index in [2.05, 4.69) is 21.3 Å². The fourth-order valence-electron chi connectivity index (χ4n) is 3.88. The van der Waals surface area contributed by atoms with Gasteiger partial charge in [0.15, 0.2) is 0 Å². The van der Waals surface area contributed by atoms with E-state index < -0.39 is 10.0 Å². The topological polar surface area (TPSA) is 101 Å². The van der Waals surface area contributed by atoms with Crippen molar-refractivity contribution < 1.29 is 13.2 Å². The van der Waals surface area contributed by atoms with E-state index >= 15 is 0 Å². The number of aromatic nitrogens is 1. The van der Waals surface area contributed by atoms with Crippen LogP contribution in [0.1, 0.15) is 34.0 Å². The summed E-state index contributed by atoms with van der Waals surface area (Å²) < 4.78 is 25.5. The number of hydrogen-bond donors (Lipinski definition) is 2. The normalized spacial score (nSPS) is 11.9. The molecule has 0 saturated heterocycles. The zero-order chi connectivity index (χ0) is 25.2. The molecular weight excluding hydrogens is 460 g/mol. The van der Waals surface area contributed by atoms with Crippen molar-refractivity contribution in [1.82, 2.24) is 10.4 Å². The molecule has 0 unspecified atom stereocenters. The lowest BCUT2D eigenvalue weighted by atomic mass is 9.99. The quantitative estimate of drug-likeness (QED) is 0.294. The number of hydrazone groups is 1. The Labute approximate surface area is 205 Å². The van der Waals surface area contributed by atoms with Crippen molar-refractivity contribution in [2.45, 2.75) is 20.8 Å². The van der Waals surface area contributed by atoms with Gasteiger partial charge in [-0.2, -0.15) is 5.10 Å². The van der Waals surface area contributed by atoms with Gasteiger partial charge in [0.2, 0.25) is 10.0 Å². The van der Waals surface area contributed by atoms with E-state index in [1.807, 2.05) is 50.2 Å². The Kier molecular flexibility index (Phi) is 6.66. The third-order valence-corrected chi connectivity index (χ3v) is 6.13. The minimum atomic E-state index is -3.40. The van der Waals surface area contributed by atoms with Crippen LogP contribution >= 0.6 is 0 Å². The number of pyridine rings is 1. The molecule has 1 amide bonds.